The predicted molar refractivity (Wildman–Crippen MR) is 120 cm³/mol. The van der Waals surface area contributed by atoms with Crippen molar-refractivity contribution in [2.75, 3.05) is 11.5 Å². The van der Waals surface area contributed by atoms with Crippen LogP contribution in [0.1, 0.15) is 31.9 Å². The number of rotatable bonds is 6. The van der Waals surface area contributed by atoms with E-state index in [1.807, 2.05) is 20.8 Å². The number of carbonyl (C=O) groups is 1. The number of carbonyl (C=O) groups excluding carboxylic acids is 1. The minimum absolute atomic E-state index is 0.0335. The van der Waals surface area contributed by atoms with Gasteiger partial charge in [-0.1, -0.05) is 36.1 Å². The second-order valence-electron chi connectivity index (χ2n) is 6.87. The summed E-state index contributed by atoms with van der Waals surface area (Å²) >= 11 is 6.30. The molecule has 2 aromatic rings. The molecule has 31 heavy (non-hydrogen) atoms. The highest BCUT2D eigenvalue weighted by Gasteiger charge is 2.36. The molecule has 9 heteroatoms. The molecule has 0 saturated carbocycles. The van der Waals surface area contributed by atoms with Gasteiger partial charge in [0.1, 0.15) is 0 Å². The first-order valence-corrected chi connectivity index (χ1v) is 10.7. The van der Waals surface area contributed by atoms with E-state index >= 15 is 0 Å². The highest BCUT2D eigenvalue weighted by molar-refractivity contribution is 8.27. The number of hydrogen-bond donors (Lipinski definition) is 0. The number of amides is 1. The Morgan fingerprint density at radius 2 is 1.90 bits per heavy atom. The Balaban J connectivity index is 1.91. The summed E-state index contributed by atoms with van der Waals surface area (Å²) in [6, 6.07) is 9.82. The lowest BCUT2D eigenvalue weighted by Gasteiger charge is -2.16. The molecule has 1 heterocycles. The second kappa shape index (κ2) is 9.32. The number of alkyl halides is 3. The van der Waals surface area contributed by atoms with E-state index in [1.165, 1.54) is 12.1 Å². The number of thioether (sulfide) groups is 1. The number of anilines is 1. The molecule has 1 aliphatic heterocycles. The maximum absolute atomic E-state index is 13.1. The predicted octanol–water partition coefficient (Wildman–Crippen LogP) is 6.30. The molecule has 4 nitrogen and oxygen atoms in total. The van der Waals surface area contributed by atoms with Gasteiger partial charge in [0.15, 0.2) is 15.8 Å². The van der Waals surface area contributed by atoms with Gasteiger partial charge in [0.25, 0.3) is 5.91 Å². The lowest BCUT2D eigenvalue weighted by atomic mass is 10.1. The highest BCUT2D eigenvalue weighted by atomic mass is 32.2. The molecule has 0 unspecified atom stereocenters. The Kier molecular flexibility index (Phi) is 6.96. The van der Waals surface area contributed by atoms with Crippen molar-refractivity contribution in [2.45, 2.75) is 33.1 Å². The summed E-state index contributed by atoms with van der Waals surface area (Å²) in [5.41, 5.74) is -0.0781. The van der Waals surface area contributed by atoms with E-state index in [-0.39, 0.29) is 16.1 Å². The standard InChI is InChI=1S/C22H20F3NO3S2/c1-4-28-18-10-14(8-9-17(18)29-13(2)3)11-19-20(27)26(21(30)31-19)16-7-5-6-15(12-16)22(23,24)25/h5-13H,4H2,1-3H3/b19-11-. The lowest BCUT2D eigenvalue weighted by Crippen LogP contribution is -2.27. The van der Waals surface area contributed by atoms with Crippen molar-refractivity contribution in [1.29, 1.82) is 0 Å². The number of hydrogen-bond acceptors (Lipinski definition) is 5. The first-order chi connectivity index (χ1) is 14.6. The molecule has 0 bridgehead atoms. The molecule has 0 aromatic heterocycles. The molecule has 164 valence electrons. The summed E-state index contributed by atoms with van der Waals surface area (Å²) in [5, 5.41) is 0. The molecule has 1 aliphatic rings. The first-order valence-electron chi connectivity index (χ1n) is 9.49. The topological polar surface area (TPSA) is 38.8 Å². The number of halogens is 3. The summed E-state index contributed by atoms with van der Waals surface area (Å²) in [6.45, 7) is 6.10. The Labute approximate surface area is 188 Å². The summed E-state index contributed by atoms with van der Waals surface area (Å²) in [4.78, 5) is 14.3. The SMILES string of the molecule is CCOc1cc(/C=C2\SC(=S)N(c3cccc(C(F)(F)F)c3)C2=O)ccc1OC(C)C. The van der Waals surface area contributed by atoms with Crippen LogP contribution in [0.2, 0.25) is 0 Å². The molecule has 0 N–H and O–H groups in total. The van der Waals surface area contributed by atoms with Crippen LogP contribution in [0.15, 0.2) is 47.4 Å². The molecule has 3 rings (SSSR count). The maximum atomic E-state index is 13.1. The maximum Gasteiger partial charge on any atom is 0.416 e. The van der Waals surface area contributed by atoms with Crippen LogP contribution in [0, 0.1) is 0 Å². The van der Waals surface area contributed by atoms with E-state index in [4.69, 9.17) is 21.7 Å². The Morgan fingerprint density at radius 3 is 2.55 bits per heavy atom. The first kappa shape index (κ1) is 23.1. The quantitative estimate of drug-likeness (QED) is 0.368. The van der Waals surface area contributed by atoms with Crippen molar-refractivity contribution in [3.8, 4) is 11.5 Å². The molecule has 2 aromatic carbocycles. The van der Waals surface area contributed by atoms with Gasteiger partial charge in [0.2, 0.25) is 0 Å². The number of benzene rings is 2. The zero-order valence-electron chi connectivity index (χ0n) is 17.0. The molecular formula is C22H20F3NO3S2. The van der Waals surface area contributed by atoms with Gasteiger partial charge in [-0.2, -0.15) is 13.2 Å². The zero-order valence-corrected chi connectivity index (χ0v) is 18.7. The van der Waals surface area contributed by atoms with Crippen LogP contribution in [0.4, 0.5) is 18.9 Å². The van der Waals surface area contributed by atoms with E-state index in [2.05, 4.69) is 0 Å². The van der Waals surface area contributed by atoms with Crippen molar-refractivity contribution < 1.29 is 27.4 Å². The number of ether oxygens (including phenoxy) is 2. The fourth-order valence-electron chi connectivity index (χ4n) is 2.90. The molecular weight excluding hydrogens is 447 g/mol. The van der Waals surface area contributed by atoms with Gasteiger partial charge in [0, 0.05) is 0 Å². The molecule has 0 radical (unpaired) electrons. The Hall–Kier alpha value is -2.52. The third-order valence-corrected chi connectivity index (χ3v) is 5.46. The minimum Gasteiger partial charge on any atom is -0.490 e. The monoisotopic (exact) mass is 467 g/mol. The normalized spacial score (nSPS) is 15.8. The fraction of sp³-hybridized carbons (Fsp3) is 0.273. The van der Waals surface area contributed by atoms with Gasteiger partial charge in [-0.3, -0.25) is 9.69 Å². The van der Waals surface area contributed by atoms with Crippen molar-refractivity contribution in [1.82, 2.24) is 0 Å². The van der Waals surface area contributed by atoms with Crippen LogP contribution >= 0.6 is 24.0 Å². The summed E-state index contributed by atoms with van der Waals surface area (Å²) in [7, 11) is 0. The van der Waals surface area contributed by atoms with Gasteiger partial charge >= 0.3 is 6.18 Å². The minimum atomic E-state index is -4.51. The van der Waals surface area contributed by atoms with Crippen molar-refractivity contribution in [3.63, 3.8) is 0 Å². The largest absolute Gasteiger partial charge is 0.490 e. The van der Waals surface area contributed by atoms with E-state index in [1.54, 1.807) is 24.3 Å². The highest BCUT2D eigenvalue weighted by Crippen LogP contribution is 2.39. The van der Waals surface area contributed by atoms with Crippen LogP contribution in [-0.2, 0) is 11.0 Å². The van der Waals surface area contributed by atoms with Gasteiger partial charge in [-0.25, -0.2) is 0 Å². The van der Waals surface area contributed by atoms with E-state index in [9.17, 15) is 18.0 Å². The van der Waals surface area contributed by atoms with E-state index < -0.39 is 17.6 Å². The van der Waals surface area contributed by atoms with Crippen molar-refractivity contribution in [2.24, 2.45) is 0 Å². The fourth-order valence-corrected chi connectivity index (χ4v) is 4.20. The molecule has 0 spiro atoms. The van der Waals surface area contributed by atoms with Gasteiger partial charge < -0.3 is 9.47 Å². The average Bonchev–Trinajstić information content (AvgIpc) is 2.96. The Morgan fingerprint density at radius 1 is 1.16 bits per heavy atom. The third kappa shape index (κ3) is 5.40. The number of nitrogens with zero attached hydrogens (tertiary/aromatic N) is 1. The smallest absolute Gasteiger partial charge is 0.416 e. The molecule has 1 saturated heterocycles. The molecule has 1 amide bonds. The van der Waals surface area contributed by atoms with Crippen LogP contribution in [0.25, 0.3) is 6.08 Å². The van der Waals surface area contributed by atoms with Crippen LogP contribution in [-0.4, -0.2) is 22.9 Å². The van der Waals surface area contributed by atoms with Gasteiger partial charge in [-0.15, -0.1) is 0 Å². The molecule has 0 aliphatic carbocycles. The van der Waals surface area contributed by atoms with Crippen LogP contribution in [0.3, 0.4) is 0 Å². The van der Waals surface area contributed by atoms with E-state index in [0.29, 0.717) is 28.6 Å². The molecule has 1 fully saturated rings. The summed E-state index contributed by atoms with van der Waals surface area (Å²) < 4.78 is 50.7. The van der Waals surface area contributed by atoms with Crippen LogP contribution in [0.5, 0.6) is 11.5 Å². The zero-order chi connectivity index (χ0) is 22.8. The van der Waals surface area contributed by atoms with Gasteiger partial charge in [-0.05, 0) is 62.7 Å². The Bertz CT molecular complexity index is 1030. The van der Waals surface area contributed by atoms with Crippen molar-refractivity contribution >= 4 is 46.0 Å². The molecule has 0 atom stereocenters. The van der Waals surface area contributed by atoms with E-state index in [0.717, 1.165) is 28.8 Å². The van der Waals surface area contributed by atoms with Gasteiger partial charge in [0.05, 0.1) is 28.9 Å². The summed E-state index contributed by atoms with van der Waals surface area (Å²) in [5.74, 6) is 0.651. The van der Waals surface area contributed by atoms with Crippen molar-refractivity contribution in [3.05, 3.63) is 58.5 Å². The average molecular weight is 468 g/mol. The second-order valence-corrected chi connectivity index (χ2v) is 8.55. The van der Waals surface area contributed by atoms with Crippen LogP contribution < -0.4 is 14.4 Å². The number of thiocarbonyl (C=S) groups is 1. The summed E-state index contributed by atoms with van der Waals surface area (Å²) in [6.07, 6.45) is -2.91. The lowest BCUT2D eigenvalue weighted by molar-refractivity contribution is -0.137. The third-order valence-electron chi connectivity index (χ3n) is 4.15.